The number of urea groups is 1. The Morgan fingerprint density at radius 3 is 2.45 bits per heavy atom. The second-order valence-corrected chi connectivity index (χ2v) is 8.21. The van der Waals surface area contributed by atoms with Crippen molar-refractivity contribution in [3.8, 4) is 10.6 Å². The van der Waals surface area contributed by atoms with E-state index in [0.29, 0.717) is 32.0 Å². The van der Waals surface area contributed by atoms with E-state index < -0.39 is 17.8 Å². The van der Waals surface area contributed by atoms with Gasteiger partial charge in [-0.3, -0.25) is 0 Å². The van der Waals surface area contributed by atoms with Crippen LogP contribution < -0.4 is 10.2 Å². The standard InChI is InChI=1S/C20H17ClF3N5OS/c21-14-4-3-13(20(22,23)24)12-16(14)25-19(30)29-9-7-28(8-10-29)18-6-5-15(26-27-18)17-2-1-11-31-17/h1-6,11-12H,7-10H2,(H,25,30). The Kier molecular flexibility index (Phi) is 6.01. The highest BCUT2D eigenvalue weighted by atomic mass is 35.5. The average molecular weight is 468 g/mol. The number of halogens is 4. The molecule has 0 unspecified atom stereocenters. The second kappa shape index (κ2) is 8.72. The zero-order chi connectivity index (χ0) is 22.0. The fourth-order valence-corrected chi connectivity index (χ4v) is 4.04. The summed E-state index contributed by atoms with van der Waals surface area (Å²) < 4.78 is 38.8. The molecule has 0 saturated carbocycles. The molecule has 4 rings (SSSR count). The lowest BCUT2D eigenvalue weighted by Crippen LogP contribution is -2.50. The van der Waals surface area contributed by atoms with Crippen molar-refractivity contribution in [2.75, 3.05) is 36.4 Å². The topological polar surface area (TPSA) is 61.4 Å². The lowest BCUT2D eigenvalue weighted by Gasteiger charge is -2.35. The molecule has 1 aliphatic rings. The zero-order valence-corrected chi connectivity index (χ0v) is 17.6. The summed E-state index contributed by atoms with van der Waals surface area (Å²) in [6, 6.07) is 10.1. The fourth-order valence-electron chi connectivity index (χ4n) is 3.18. The zero-order valence-electron chi connectivity index (χ0n) is 16.1. The van der Waals surface area contributed by atoms with Gasteiger partial charge in [0.1, 0.15) is 5.69 Å². The summed E-state index contributed by atoms with van der Waals surface area (Å²) in [6.45, 7) is 1.82. The van der Waals surface area contributed by atoms with Crippen LogP contribution in [-0.4, -0.2) is 47.3 Å². The van der Waals surface area contributed by atoms with Gasteiger partial charge in [0.15, 0.2) is 5.82 Å². The van der Waals surface area contributed by atoms with Crippen molar-refractivity contribution in [1.29, 1.82) is 0 Å². The Morgan fingerprint density at radius 1 is 1.06 bits per heavy atom. The normalized spacial score (nSPS) is 14.6. The van der Waals surface area contributed by atoms with Crippen LogP contribution in [0.5, 0.6) is 0 Å². The first-order chi connectivity index (χ1) is 14.8. The maximum atomic E-state index is 12.9. The van der Waals surface area contributed by atoms with Crippen LogP contribution in [0.3, 0.4) is 0 Å². The number of aromatic nitrogens is 2. The van der Waals surface area contributed by atoms with Gasteiger partial charge in [-0.2, -0.15) is 13.2 Å². The van der Waals surface area contributed by atoms with E-state index in [4.69, 9.17) is 11.6 Å². The quantitative estimate of drug-likeness (QED) is 0.573. The van der Waals surface area contributed by atoms with Gasteiger partial charge in [-0.25, -0.2) is 4.79 Å². The molecule has 2 amide bonds. The van der Waals surface area contributed by atoms with Crippen LogP contribution in [0.4, 0.5) is 29.5 Å². The van der Waals surface area contributed by atoms with Crippen LogP contribution in [0.15, 0.2) is 47.8 Å². The Labute approximate surface area is 185 Å². The molecule has 31 heavy (non-hydrogen) atoms. The van der Waals surface area contributed by atoms with Gasteiger partial charge in [0, 0.05) is 26.2 Å². The van der Waals surface area contributed by atoms with Gasteiger partial charge >= 0.3 is 12.2 Å². The maximum Gasteiger partial charge on any atom is 0.416 e. The number of nitrogens with one attached hydrogen (secondary N) is 1. The van der Waals surface area contributed by atoms with E-state index in [2.05, 4.69) is 15.5 Å². The minimum absolute atomic E-state index is 0.0427. The number of carbonyl (C=O) groups is 1. The molecule has 11 heteroatoms. The Morgan fingerprint density at radius 2 is 1.84 bits per heavy atom. The number of benzene rings is 1. The molecule has 1 N–H and O–H groups in total. The molecule has 2 aromatic heterocycles. The van der Waals surface area contributed by atoms with Crippen LogP contribution in [0.2, 0.25) is 5.02 Å². The Bertz CT molecular complexity index is 1050. The summed E-state index contributed by atoms with van der Waals surface area (Å²) in [6.07, 6.45) is -4.52. The third-order valence-corrected chi connectivity index (χ3v) is 6.07. The highest BCUT2D eigenvalue weighted by Gasteiger charge is 2.31. The second-order valence-electron chi connectivity index (χ2n) is 6.85. The van der Waals surface area contributed by atoms with E-state index in [1.54, 1.807) is 11.3 Å². The molecule has 162 valence electrons. The first-order valence-electron chi connectivity index (χ1n) is 9.36. The van der Waals surface area contributed by atoms with Crippen molar-refractivity contribution in [2.45, 2.75) is 6.18 Å². The number of alkyl halides is 3. The van der Waals surface area contributed by atoms with Gasteiger partial charge in [-0.15, -0.1) is 21.5 Å². The maximum absolute atomic E-state index is 12.9. The number of hydrogen-bond donors (Lipinski definition) is 1. The van der Waals surface area contributed by atoms with Crippen molar-refractivity contribution in [1.82, 2.24) is 15.1 Å². The van der Waals surface area contributed by atoms with Crippen molar-refractivity contribution >= 4 is 40.5 Å². The molecular weight excluding hydrogens is 451 g/mol. The smallest absolute Gasteiger partial charge is 0.352 e. The lowest BCUT2D eigenvalue weighted by molar-refractivity contribution is -0.137. The van der Waals surface area contributed by atoms with Crippen LogP contribution >= 0.6 is 22.9 Å². The lowest BCUT2D eigenvalue weighted by atomic mass is 10.2. The average Bonchev–Trinajstić information content (AvgIpc) is 3.30. The molecule has 3 aromatic rings. The van der Waals surface area contributed by atoms with E-state index in [0.717, 1.165) is 28.8 Å². The highest BCUT2D eigenvalue weighted by Crippen LogP contribution is 2.34. The van der Waals surface area contributed by atoms with Gasteiger partial charge in [0.2, 0.25) is 0 Å². The minimum atomic E-state index is -4.52. The molecule has 1 aliphatic heterocycles. The molecule has 6 nitrogen and oxygen atoms in total. The summed E-state index contributed by atoms with van der Waals surface area (Å²) in [7, 11) is 0. The van der Waals surface area contributed by atoms with Crippen molar-refractivity contribution < 1.29 is 18.0 Å². The van der Waals surface area contributed by atoms with E-state index >= 15 is 0 Å². The number of rotatable bonds is 3. The highest BCUT2D eigenvalue weighted by molar-refractivity contribution is 7.13. The predicted octanol–water partition coefficient (Wildman–Crippen LogP) is 5.23. The number of carbonyl (C=O) groups excluding carboxylic acids is 1. The van der Waals surface area contributed by atoms with E-state index in [1.807, 2.05) is 34.5 Å². The number of nitrogens with zero attached hydrogens (tertiary/aromatic N) is 4. The van der Waals surface area contributed by atoms with Gasteiger partial charge < -0.3 is 15.1 Å². The van der Waals surface area contributed by atoms with Crippen LogP contribution in [0.1, 0.15) is 5.56 Å². The molecule has 0 bridgehead atoms. The largest absolute Gasteiger partial charge is 0.416 e. The summed E-state index contributed by atoms with van der Waals surface area (Å²) in [5.41, 5.74) is -0.143. The summed E-state index contributed by atoms with van der Waals surface area (Å²) in [5, 5.41) is 13.0. The van der Waals surface area contributed by atoms with Crippen molar-refractivity contribution in [3.63, 3.8) is 0 Å². The van der Waals surface area contributed by atoms with Gasteiger partial charge in [0.25, 0.3) is 0 Å². The minimum Gasteiger partial charge on any atom is -0.352 e. The molecule has 1 aromatic carbocycles. The van der Waals surface area contributed by atoms with Gasteiger partial charge in [-0.05, 0) is 41.8 Å². The fraction of sp³-hybridized carbons (Fsp3) is 0.250. The van der Waals surface area contributed by atoms with Crippen LogP contribution in [0, 0.1) is 0 Å². The van der Waals surface area contributed by atoms with Crippen molar-refractivity contribution in [3.05, 3.63) is 58.4 Å². The third kappa shape index (κ3) is 4.91. The van der Waals surface area contributed by atoms with Gasteiger partial charge in [-0.1, -0.05) is 17.7 Å². The number of anilines is 2. The molecule has 0 radical (unpaired) electrons. The summed E-state index contributed by atoms with van der Waals surface area (Å²) in [5.74, 6) is 0.710. The number of hydrogen-bond acceptors (Lipinski definition) is 5. The van der Waals surface area contributed by atoms with E-state index in [-0.39, 0.29) is 10.7 Å². The molecule has 1 fully saturated rings. The first kappa shape index (κ1) is 21.4. The molecule has 0 aliphatic carbocycles. The van der Waals surface area contributed by atoms with E-state index in [1.165, 1.54) is 4.90 Å². The Hall–Kier alpha value is -2.85. The molecule has 1 saturated heterocycles. The summed E-state index contributed by atoms with van der Waals surface area (Å²) in [4.78, 5) is 17.1. The first-order valence-corrected chi connectivity index (χ1v) is 10.6. The summed E-state index contributed by atoms with van der Waals surface area (Å²) >= 11 is 7.54. The Balaban J connectivity index is 1.36. The number of thiophene rings is 1. The molecule has 0 spiro atoms. The van der Waals surface area contributed by atoms with Crippen molar-refractivity contribution in [2.24, 2.45) is 0 Å². The molecule has 3 heterocycles. The van der Waals surface area contributed by atoms with Crippen LogP contribution in [-0.2, 0) is 6.18 Å². The predicted molar refractivity (Wildman–Crippen MR) is 115 cm³/mol. The molecule has 0 atom stereocenters. The van der Waals surface area contributed by atoms with Crippen LogP contribution in [0.25, 0.3) is 10.6 Å². The molecular formula is C20H17ClF3N5OS. The van der Waals surface area contributed by atoms with E-state index in [9.17, 15) is 18.0 Å². The number of piperazine rings is 1. The monoisotopic (exact) mass is 467 g/mol. The third-order valence-electron chi connectivity index (χ3n) is 4.85. The van der Waals surface area contributed by atoms with Gasteiger partial charge in [0.05, 0.1) is 21.2 Å². The number of amides is 2. The SMILES string of the molecule is O=C(Nc1cc(C(F)(F)F)ccc1Cl)N1CCN(c2ccc(-c3cccs3)nn2)CC1.